The van der Waals surface area contributed by atoms with Crippen molar-refractivity contribution >= 4 is 27.3 Å². The summed E-state index contributed by atoms with van der Waals surface area (Å²) >= 11 is 5.62. The molecule has 1 aromatic heterocycles. The van der Waals surface area contributed by atoms with E-state index in [4.69, 9.17) is 0 Å². The van der Waals surface area contributed by atoms with Crippen LogP contribution < -0.4 is 0 Å². The van der Waals surface area contributed by atoms with E-state index in [0.29, 0.717) is 0 Å². The van der Waals surface area contributed by atoms with E-state index in [9.17, 15) is 0 Å². The van der Waals surface area contributed by atoms with Crippen molar-refractivity contribution in [3.8, 4) is 0 Å². The molecule has 0 unspecified atom stereocenters. The van der Waals surface area contributed by atoms with E-state index in [-0.39, 0.29) is 0 Å². The van der Waals surface area contributed by atoms with Crippen molar-refractivity contribution in [2.45, 2.75) is 37.6 Å². The van der Waals surface area contributed by atoms with Crippen molar-refractivity contribution in [1.29, 1.82) is 0 Å². The summed E-state index contributed by atoms with van der Waals surface area (Å²) in [6, 6.07) is 4.56. The number of hydrogen-bond donors (Lipinski definition) is 0. The predicted octanol–water partition coefficient (Wildman–Crippen LogP) is 3.92. The first-order valence-electron chi connectivity index (χ1n) is 6.07. The highest BCUT2D eigenvalue weighted by Gasteiger charge is 2.27. The molecule has 16 heavy (non-hydrogen) atoms. The molecule has 1 saturated carbocycles. The summed E-state index contributed by atoms with van der Waals surface area (Å²) in [6.07, 6.45) is 3.88. The minimum atomic E-state index is 0.791. The van der Waals surface area contributed by atoms with Crippen molar-refractivity contribution in [2.24, 2.45) is 5.92 Å². The summed E-state index contributed by atoms with van der Waals surface area (Å²) in [6.45, 7) is 4.60. The first-order valence-corrected chi connectivity index (χ1v) is 7.80. The van der Waals surface area contributed by atoms with Crippen LogP contribution in [-0.4, -0.2) is 23.3 Å². The Balaban J connectivity index is 1.76. The first kappa shape index (κ1) is 12.6. The quantitative estimate of drug-likeness (QED) is 0.745. The van der Waals surface area contributed by atoms with Crippen LogP contribution in [-0.2, 0) is 13.0 Å². The van der Waals surface area contributed by atoms with Gasteiger partial charge in [0.25, 0.3) is 0 Å². The Labute approximate surface area is 111 Å². The average molecular weight is 302 g/mol. The third-order valence-electron chi connectivity index (χ3n) is 3.24. The number of nitrogens with zero attached hydrogens (tertiary/aromatic N) is 1. The van der Waals surface area contributed by atoms with Crippen LogP contribution in [0.2, 0.25) is 0 Å². The maximum atomic E-state index is 3.65. The molecule has 0 atom stereocenters. The Morgan fingerprint density at radius 3 is 2.62 bits per heavy atom. The molecule has 1 heterocycles. The van der Waals surface area contributed by atoms with Crippen LogP contribution in [0.1, 0.15) is 29.5 Å². The zero-order valence-electron chi connectivity index (χ0n) is 10.1. The monoisotopic (exact) mass is 301 g/mol. The molecule has 0 radical (unpaired) electrons. The minimum Gasteiger partial charge on any atom is -0.301 e. The van der Waals surface area contributed by atoms with Crippen molar-refractivity contribution in [2.75, 3.05) is 13.6 Å². The van der Waals surface area contributed by atoms with E-state index in [2.05, 4.69) is 46.9 Å². The number of aryl methyl sites for hydroxylation is 1. The molecular formula is C13H20BrNS. The highest BCUT2D eigenvalue weighted by molar-refractivity contribution is 9.09. The largest absolute Gasteiger partial charge is 0.301 e. The van der Waals surface area contributed by atoms with Gasteiger partial charge in [0.15, 0.2) is 0 Å². The van der Waals surface area contributed by atoms with Gasteiger partial charge in [-0.05, 0) is 44.4 Å². The molecular weight excluding hydrogens is 282 g/mol. The fourth-order valence-electron chi connectivity index (χ4n) is 2.27. The summed E-state index contributed by atoms with van der Waals surface area (Å²) in [5.74, 6) is 0.917. The van der Waals surface area contributed by atoms with E-state index >= 15 is 0 Å². The minimum absolute atomic E-state index is 0.791. The predicted molar refractivity (Wildman–Crippen MR) is 75.5 cm³/mol. The second kappa shape index (κ2) is 5.65. The number of rotatable bonds is 5. The maximum absolute atomic E-state index is 3.65. The molecule has 3 heteroatoms. The van der Waals surface area contributed by atoms with Gasteiger partial charge in [-0.3, -0.25) is 0 Å². The van der Waals surface area contributed by atoms with Crippen LogP contribution in [0.25, 0.3) is 0 Å². The van der Waals surface area contributed by atoms with E-state index in [1.165, 1.54) is 35.6 Å². The van der Waals surface area contributed by atoms with Gasteiger partial charge in [-0.15, -0.1) is 11.3 Å². The van der Waals surface area contributed by atoms with Gasteiger partial charge in [-0.1, -0.05) is 22.9 Å². The molecule has 0 spiro atoms. The molecule has 90 valence electrons. The third-order valence-corrected chi connectivity index (χ3v) is 5.20. The van der Waals surface area contributed by atoms with Crippen molar-refractivity contribution in [3.05, 3.63) is 21.9 Å². The van der Waals surface area contributed by atoms with Crippen molar-refractivity contribution < 1.29 is 0 Å². The molecule has 0 aromatic carbocycles. The van der Waals surface area contributed by atoms with Gasteiger partial charge >= 0.3 is 0 Å². The van der Waals surface area contributed by atoms with Gasteiger partial charge in [0.1, 0.15) is 0 Å². The highest BCUT2D eigenvalue weighted by atomic mass is 79.9. The van der Waals surface area contributed by atoms with Gasteiger partial charge in [-0.2, -0.15) is 0 Å². The van der Waals surface area contributed by atoms with Crippen LogP contribution >= 0.6 is 27.3 Å². The van der Waals surface area contributed by atoms with Gasteiger partial charge in [0.2, 0.25) is 0 Å². The smallest absolute Gasteiger partial charge is 0.0325 e. The lowest BCUT2D eigenvalue weighted by Gasteiger charge is -2.34. The van der Waals surface area contributed by atoms with E-state index in [1.807, 2.05) is 11.3 Å². The van der Waals surface area contributed by atoms with Crippen molar-refractivity contribution in [3.63, 3.8) is 0 Å². The lowest BCUT2D eigenvalue weighted by atomic mass is 9.85. The normalized spacial score (nSPS) is 24.8. The summed E-state index contributed by atoms with van der Waals surface area (Å²) in [5.41, 5.74) is 0. The van der Waals surface area contributed by atoms with E-state index in [1.54, 1.807) is 0 Å². The molecule has 0 saturated heterocycles. The standard InChI is InChI=1S/C13H20BrNS/c1-3-12-4-5-13(16-12)9-15(2)8-10-6-11(14)7-10/h4-5,10-11H,3,6-9H2,1-2H3. The van der Waals surface area contributed by atoms with Gasteiger partial charge < -0.3 is 4.90 Å². The summed E-state index contributed by atoms with van der Waals surface area (Å²) < 4.78 is 0. The molecule has 1 fully saturated rings. The molecule has 1 aromatic rings. The average Bonchev–Trinajstić information content (AvgIpc) is 2.63. The molecule has 0 aliphatic heterocycles. The lowest BCUT2D eigenvalue weighted by Crippen LogP contribution is -2.34. The highest BCUT2D eigenvalue weighted by Crippen LogP contribution is 2.33. The molecule has 1 aliphatic carbocycles. The second-order valence-electron chi connectivity index (χ2n) is 4.85. The Kier molecular flexibility index (Phi) is 4.45. The molecule has 0 amide bonds. The van der Waals surface area contributed by atoms with Crippen molar-refractivity contribution in [1.82, 2.24) is 4.90 Å². The molecule has 0 N–H and O–H groups in total. The van der Waals surface area contributed by atoms with Crippen LogP contribution in [0.4, 0.5) is 0 Å². The zero-order chi connectivity index (χ0) is 11.5. The Morgan fingerprint density at radius 2 is 2.06 bits per heavy atom. The second-order valence-corrected chi connectivity index (χ2v) is 7.40. The van der Waals surface area contributed by atoms with Crippen LogP contribution in [0.15, 0.2) is 12.1 Å². The Hall–Kier alpha value is 0.140. The number of alkyl halides is 1. The Morgan fingerprint density at radius 1 is 1.38 bits per heavy atom. The van der Waals surface area contributed by atoms with Gasteiger partial charge in [-0.25, -0.2) is 0 Å². The van der Waals surface area contributed by atoms with Crippen LogP contribution in [0, 0.1) is 5.92 Å². The number of hydrogen-bond acceptors (Lipinski definition) is 2. The SMILES string of the molecule is CCc1ccc(CN(C)CC2CC(Br)C2)s1. The number of thiophene rings is 1. The van der Waals surface area contributed by atoms with Gasteiger partial charge in [0.05, 0.1) is 0 Å². The molecule has 0 bridgehead atoms. The summed E-state index contributed by atoms with van der Waals surface area (Å²) in [7, 11) is 2.24. The molecule has 2 rings (SSSR count). The van der Waals surface area contributed by atoms with Crippen LogP contribution in [0.3, 0.4) is 0 Å². The zero-order valence-corrected chi connectivity index (χ0v) is 12.5. The van der Waals surface area contributed by atoms with Gasteiger partial charge in [0, 0.05) is 27.7 Å². The maximum Gasteiger partial charge on any atom is 0.0325 e. The summed E-state index contributed by atoms with van der Waals surface area (Å²) in [5, 5.41) is 0. The summed E-state index contributed by atoms with van der Waals surface area (Å²) in [4.78, 5) is 6.27. The van der Waals surface area contributed by atoms with E-state index in [0.717, 1.165) is 17.3 Å². The lowest BCUT2D eigenvalue weighted by molar-refractivity contribution is 0.209. The molecule has 1 aliphatic rings. The molecule has 1 nitrogen and oxygen atoms in total. The van der Waals surface area contributed by atoms with Crippen LogP contribution in [0.5, 0.6) is 0 Å². The fraction of sp³-hybridized carbons (Fsp3) is 0.692. The van der Waals surface area contributed by atoms with E-state index < -0.39 is 0 Å². The number of halogens is 1. The topological polar surface area (TPSA) is 3.24 Å². The first-order chi connectivity index (χ1) is 7.67. The fourth-order valence-corrected chi connectivity index (χ4v) is 4.37. The Bertz CT molecular complexity index is 330. The third kappa shape index (κ3) is 3.31.